The molecule has 0 rings (SSSR count). The van der Waals surface area contributed by atoms with Gasteiger partial charge < -0.3 is 7.96 Å². The molecule has 0 aromatic rings. The molecule has 20 heavy (non-hydrogen) atoms. The van der Waals surface area contributed by atoms with Crippen molar-refractivity contribution < 1.29 is 12.8 Å². The molecule has 0 aliphatic carbocycles. The van der Waals surface area contributed by atoms with Crippen LogP contribution in [0, 0.1) is 0 Å². The molecule has 0 spiro atoms. The van der Waals surface area contributed by atoms with Gasteiger partial charge in [-0.25, -0.2) is 0 Å². The van der Waals surface area contributed by atoms with Gasteiger partial charge in [-0.1, -0.05) is 90.4 Å². The Morgan fingerprint density at radius 2 is 1.00 bits per heavy atom. The zero-order chi connectivity index (χ0) is 14.2. The Morgan fingerprint density at radius 3 is 1.30 bits per heavy atom. The molecule has 1 N–H and O–H groups in total. The van der Waals surface area contributed by atoms with Crippen LogP contribution in [0.2, 0.25) is 0 Å². The minimum absolute atomic E-state index is 0. The van der Waals surface area contributed by atoms with E-state index >= 15 is 0 Å². The summed E-state index contributed by atoms with van der Waals surface area (Å²) in [4.78, 5) is 10.3. The molecule has 0 aliphatic rings. The Bertz CT molecular complexity index is 205. The Hall–Kier alpha value is 0.730. The molecule has 118 valence electrons. The first-order valence-electron chi connectivity index (χ1n) is 8.49. The molecule has 2 nitrogen and oxygen atoms in total. The van der Waals surface area contributed by atoms with Crippen LogP contribution in [0.25, 0.3) is 0 Å². The number of carboxylic acid groups (broad SMARTS) is 1. The molecule has 0 bridgehead atoms. The van der Waals surface area contributed by atoms with Gasteiger partial charge in [-0.3, -0.25) is 4.79 Å². The molecular weight excluding hydrogens is 276 g/mol. The minimum Gasteiger partial charge on any atom is -1.00 e. The maximum atomic E-state index is 10.3. The van der Waals surface area contributed by atoms with Gasteiger partial charge in [0.1, 0.15) is 0 Å². The Balaban J connectivity index is -0.000000540. The maximum Gasteiger partial charge on any atom is 2.00 e. The van der Waals surface area contributed by atoms with Crippen LogP contribution in [0.15, 0.2) is 0 Å². The summed E-state index contributed by atoms with van der Waals surface area (Å²) in [6.45, 7) is 2.27. The quantitative estimate of drug-likeness (QED) is 0.307. The van der Waals surface area contributed by atoms with Gasteiger partial charge in [-0.15, -0.1) is 0 Å². The van der Waals surface area contributed by atoms with E-state index in [0.717, 1.165) is 12.8 Å². The van der Waals surface area contributed by atoms with Crippen LogP contribution >= 0.6 is 0 Å². The van der Waals surface area contributed by atoms with Crippen molar-refractivity contribution in [1.82, 2.24) is 0 Å². The zero-order valence-electron chi connectivity index (χ0n) is 15.7. The van der Waals surface area contributed by atoms with E-state index in [-0.39, 0.29) is 40.6 Å². The molecule has 3 heteroatoms. The third kappa shape index (κ3) is 21.0. The van der Waals surface area contributed by atoms with Crippen molar-refractivity contribution in [2.45, 2.75) is 103 Å². The van der Waals surface area contributed by atoms with Gasteiger partial charge in [0.25, 0.3) is 0 Å². The average Bonchev–Trinajstić information content (AvgIpc) is 2.39. The smallest absolute Gasteiger partial charge is 1.00 e. The fourth-order valence-corrected chi connectivity index (χ4v) is 2.47. The van der Waals surface area contributed by atoms with Crippen LogP contribution in [0.5, 0.6) is 0 Å². The van der Waals surface area contributed by atoms with E-state index in [1.165, 1.54) is 77.0 Å². The summed E-state index contributed by atoms with van der Waals surface area (Å²) in [5, 5.41) is 8.50. The summed E-state index contributed by atoms with van der Waals surface area (Å²) in [5.74, 6) is -0.654. The van der Waals surface area contributed by atoms with Crippen LogP contribution in [0.4, 0.5) is 0 Å². The second kappa shape index (κ2) is 19.7. The number of unbranched alkanes of at least 4 members (excludes halogenated alkanes) is 13. The molecule has 0 heterocycles. The third-order valence-corrected chi connectivity index (χ3v) is 3.74. The van der Waals surface area contributed by atoms with Gasteiger partial charge in [0.05, 0.1) is 0 Å². The first kappa shape index (κ1) is 23.0. The largest absolute Gasteiger partial charge is 2.00 e. The Labute approximate surface area is 159 Å². The summed E-state index contributed by atoms with van der Waals surface area (Å²) >= 11 is 0. The Morgan fingerprint density at radius 1 is 0.700 bits per heavy atom. The fourth-order valence-electron chi connectivity index (χ4n) is 2.47. The van der Waals surface area contributed by atoms with Gasteiger partial charge in [-0.05, 0) is 6.42 Å². The predicted octanol–water partition coefficient (Wildman–Crippen LogP) is 5.79. The molecule has 0 aliphatic heterocycles. The molecule has 0 aromatic carbocycles. The van der Waals surface area contributed by atoms with Crippen molar-refractivity contribution in [3.8, 4) is 0 Å². The van der Waals surface area contributed by atoms with Crippen molar-refractivity contribution >= 4 is 43.7 Å². The van der Waals surface area contributed by atoms with Crippen LogP contribution in [0.3, 0.4) is 0 Å². The molecule has 0 aromatic heterocycles. The van der Waals surface area contributed by atoms with Gasteiger partial charge in [-0.2, -0.15) is 0 Å². The van der Waals surface area contributed by atoms with Crippen molar-refractivity contribution in [2.75, 3.05) is 0 Å². The first-order valence-corrected chi connectivity index (χ1v) is 8.49. The van der Waals surface area contributed by atoms with Crippen molar-refractivity contribution in [3.05, 3.63) is 0 Å². The summed E-state index contributed by atoms with van der Waals surface area (Å²) < 4.78 is 0. The van der Waals surface area contributed by atoms with E-state index in [4.69, 9.17) is 5.11 Å². The first-order chi connectivity index (χ1) is 9.27. The van der Waals surface area contributed by atoms with Crippen LogP contribution in [-0.4, -0.2) is 48.8 Å². The van der Waals surface area contributed by atoms with Gasteiger partial charge >= 0.3 is 43.7 Å². The van der Waals surface area contributed by atoms with Crippen LogP contribution < -0.4 is 0 Å². The molecule has 0 saturated heterocycles. The number of carboxylic acids is 1. The average molecular weight is 313 g/mol. The van der Waals surface area contributed by atoms with E-state index in [9.17, 15) is 4.79 Å². The number of hydrogen-bond acceptors (Lipinski definition) is 1. The second-order valence-corrected chi connectivity index (χ2v) is 5.74. The number of hydrogen-bond donors (Lipinski definition) is 1. The van der Waals surface area contributed by atoms with E-state index in [1.54, 1.807) is 0 Å². The van der Waals surface area contributed by atoms with E-state index < -0.39 is 5.97 Å². The van der Waals surface area contributed by atoms with Gasteiger partial charge in [0.2, 0.25) is 0 Å². The van der Waals surface area contributed by atoms with Gasteiger partial charge in [0, 0.05) is 6.42 Å². The van der Waals surface area contributed by atoms with E-state index in [1.807, 2.05) is 0 Å². The SMILES string of the molecule is CCCCCCCCCCCCCCCCC(=O)O.[Ca+2].[H-].[H-]. The van der Waals surface area contributed by atoms with E-state index in [0.29, 0.717) is 6.42 Å². The predicted molar refractivity (Wildman–Crippen MR) is 90.5 cm³/mol. The monoisotopic (exact) mass is 312 g/mol. The maximum absolute atomic E-state index is 10.3. The summed E-state index contributed by atoms with van der Waals surface area (Å²) in [6, 6.07) is 0. The fraction of sp³-hybridized carbons (Fsp3) is 0.941. The molecule has 0 unspecified atom stereocenters. The normalized spacial score (nSPS) is 10.2. The van der Waals surface area contributed by atoms with Crippen molar-refractivity contribution in [1.29, 1.82) is 0 Å². The van der Waals surface area contributed by atoms with Crippen LogP contribution in [0.1, 0.15) is 106 Å². The Kier molecular flexibility index (Phi) is 22.7. The molecular formula is C17H36CaO2. The molecule has 0 fully saturated rings. The number of aliphatic carboxylic acids is 1. The number of rotatable bonds is 15. The summed E-state index contributed by atoms with van der Waals surface area (Å²) in [5.41, 5.74) is 0. The summed E-state index contributed by atoms with van der Waals surface area (Å²) in [6.07, 6.45) is 18.7. The van der Waals surface area contributed by atoms with E-state index in [2.05, 4.69) is 6.92 Å². The molecule has 0 saturated carbocycles. The molecule has 0 radical (unpaired) electrons. The number of carbonyl (C=O) groups is 1. The van der Waals surface area contributed by atoms with Crippen molar-refractivity contribution in [3.63, 3.8) is 0 Å². The standard InChI is InChI=1S/C17H34O2.Ca.2H/c1-2-3-4-5-6-7-8-9-10-11-12-13-14-15-16-17(18)19;;;/h2-16H2,1H3,(H,18,19);;;/q;+2;2*-1. The molecule has 0 atom stereocenters. The second-order valence-electron chi connectivity index (χ2n) is 5.74. The van der Waals surface area contributed by atoms with Crippen LogP contribution in [-0.2, 0) is 4.79 Å². The molecule has 0 amide bonds. The van der Waals surface area contributed by atoms with Crippen molar-refractivity contribution in [2.24, 2.45) is 0 Å². The topological polar surface area (TPSA) is 37.3 Å². The minimum atomic E-state index is -0.654. The summed E-state index contributed by atoms with van der Waals surface area (Å²) in [7, 11) is 0. The zero-order valence-corrected chi connectivity index (χ0v) is 15.9. The third-order valence-electron chi connectivity index (χ3n) is 3.74. The van der Waals surface area contributed by atoms with Gasteiger partial charge in [0.15, 0.2) is 0 Å².